The number of benzene rings is 1. The molecule has 0 bridgehead atoms. The van der Waals surface area contributed by atoms with E-state index in [1.165, 1.54) is 31.3 Å². The molecule has 0 radical (unpaired) electrons. The molecule has 0 spiro atoms. The number of carbonyl (C=O) groups is 1. The summed E-state index contributed by atoms with van der Waals surface area (Å²) in [7, 11) is 3.55. The molecule has 0 saturated carbocycles. The van der Waals surface area contributed by atoms with Gasteiger partial charge in [0.05, 0.1) is 29.7 Å². The molecule has 1 aliphatic rings. The predicted molar refractivity (Wildman–Crippen MR) is 125 cm³/mol. The van der Waals surface area contributed by atoms with Gasteiger partial charge in [-0.15, -0.1) is 0 Å². The lowest BCUT2D eigenvalue weighted by Gasteiger charge is -2.16. The van der Waals surface area contributed by atoms with Crippen molar-refractivity contribution in [2.24, 2.45) is 0 Å². The SMILES string of the molecule is COc1ccc(-n2nc(C)c3sc(N(C)CC(=O)NCCC4=CCCCC4)nc32)cc1. The third kappa shape index (κ3) is 4.90. The normalized spacial score (nSPS) is 13.8. The Labute approximate surface area is 186 Å². The number of hydrogen-bond donors (Lipinski definition) is 1. The average molecular weight is 440 g/mol. The summed E-state index contributed by atoms with van der Waals surface area (Å²) in [5, 5.41) is 8.49. The van der Waals surface area contributed by atoms with Gasteiger partial charge < -0.3 is 15.0 Å². The third-order valence-corrected chi connectivity index (χ3v) is 6.82. The Balaban J connectivity index is 1.41. The van der Waals surface area contributed by atoms with Crippen LogP contribution in [0.2, 0.25) is 0 Å². The number of likely N-dealkylation sites (N-methyl/N-ethyl adjacent to an activating group) is 1. The van der Waals surface area contributed by atoms with Crippen molar-refractivity contribution in [2.75, 3.05) is 32.1 Å². The molecule has 1 amide bonds. The fraction of sp³-hybridized carbons (Fsp3) is 0.435. The number of methoxy groups -OCH3 is 1. The maximum Gasteiger partial charge on any atom is 0.239 e. The van der Waals surface area contributed by atoms with E-state index in [0.29, 0.717) is 6.54 Å². The van der Waals surface area contributed by atoms with Gasteiger partial charge in [-0.05, 0) is 63.3 Å². The number of aromatic nitrogens is 3. The minimum Gasteiger partial charge on any atom is -0.497 e. The Kier molecular flexibility index (Phi) is 6.56. The van der Waals surface area contributed by atoms with Gasteiger partial charge in [0, 0.05) is 13.6 Å². The zero-order valence-electron chi connectivity index (χ0n) is 18.4. The van der Waals surface area contributed by atoms with Crippen molar-refractivity contribution in [3.8, 4) is 11.4 Å². The number of thiazole rings is 1. The second-order valence-corrected chi connectivity index (χ2v) is 8.89. The van der Waals surface area contributed by atoms with E-state index in [2.05, 4.69) is 16.5 Å². The average Bonchev–Trinajstić information content (AvgIpc) is 3.35. The Hall–Kier alpha value is -2.87. The smallest absolute Gasteiger partial charge is 0.239 e. The van der Waals surface area contributed by atoms with Crippen LogP contribution in [0, 0.1) is 6.92 Å². The number of anilines is 1. The monoisotopic (exact) mass is 439 g/mol. The summed E-state index contributed by atoms with van der Waals surface area (Å²) in [6.07, 6.45) is 8.19. The summed E-state index contributed by atoms with van der Waals surface area (Å²) in [4.78, 5) is 19.1. The van der Waals surface area contributed by atoms with Gasteiger partial charge in [0.15, 0.2) is 10.8 Å². The van der Waals surface area contributed by atoms with Gasteiger partial charge in [0.1, 0.15) is 5.75 Å². The van der Waals surface area contributed by atoms with Crippen molar-refractivity contribution in [3.05, 3.63) is 41.6 Å². The molecule has 0 fully saturated rings. The molecular formula is C23H29N5O2S. The molecule has 1 N–H and O–H groups in total. The molecule has 2 aromatic heterocycles. The number of hydrogen-bond acceptors (Lipinski definition) is 6. The topological polar surface area (TPSA) is 72.3 Å². The number of allylic oxidation sites excluding steroid dienone is 1. The number of nitrogens with zero attached hydrogens (tertiary/aromatic N) is 4. The van der Waals surface area contributed by atoms with Crippen LogP contribution in [0.4, 0.5) is 5.13 Å². The Morgan fingerprint density at radius 2 is 2.10 bits per heavy atom. The van der Waals surface area contributed by atoms with Crippen molar-refractivity contribution in [2.45, 2.75) is 39.0 Å². The summed E-state index contributed by atoms with van der Waals surface area (Å²) in [5.74, 6) is 0.819. The maximum atomic E-state index is 12.4. The lowest BCUT2D eigenvalue weighted by molar-refractivity contribution is -0.119. The molecule has 0 unspecified atom stereocenters. The fourth-order valence-corrected chi connectivity index (χ4v) is 4.77. The van der Waals surface area contributed by atoms with E-state index >= 15 is 0 Å². The summed E-state index contributed by atoms with van der Waals surface area (Å²) < 4.78 is 8.11. The zero-order chi connectivity index (χ0) is 21.8. The van der Waals surface area contributed by atoms with E-state index in [1.807, 2.05) is 47.8 Å². The number of amides is 1. The van der Waals surface area contributed by atoms with E-state index in [0.717, 1.165) is 39.0 Å². The third-order valence-electron chi connectivity index (χ3n) is 5.55. The minimum absolute atomic E-state index is 0.0201. The minimum atomic E-state index is 0.0201. The molecule has 0 saturated heterocycles. The highest BCUT2D eigenvalue weighted by Gasteiger charge is 2.18. The fourth-order valence-electron chi connectivity index (χ4n) is 3.82. The van der Waals surface area contributed by atoms with Crippen LogP contribution in [0.15, 0.2) is 35.9 Å². The molecule has 31 heavy (non-hydrogen) atoms. The molecular weight excluding hydrogens is 410 g/mol. The van der Waals surface area contributed by atoms with E-state index in [4.69, 9.17) is 9.72 Å². The van der Waals surface area contributed by atoms with Gasteiger partial charge in [0.25, 0.3) is 0 Å². The Bertz CT molecular complexity index is 1080. The molecule has 3 aromatic rings. The molecule has 4 rings (SSSR count). The van der Waals surface area contributed by atoms with E-state index in [9.17, 15) is 4.79 Å². The lowest BCUT2D eigenvalue weighted by atomic mass is 9.97. The number of rotatable bonds is 8. The standard InChI is InChI=1S/C23H29N5O2S/c1-16-21-22(28(26-16)18-9-11-19(30-3)12-10-18)25-23(31-21)27(2)15-20(29)24-14-13-17-7-5-4-6-8-17/h7,9-12H,4-6,8,13-15H2,1-3H3,(H,24,29). The molecule has 7 nitrogen and oxygen atoms in total. The first-order valence-electron chi connectivity index (χ1n) is 10.7. The summed E-state index contributed by atoms with van der Waals surface area (Å²) in [5.41, 5.74) is 4.13. The van der Waals surface area contributed by atoms with Gasteiger partial charge in [-0.3, -0.25) is 4.79 Å². The van der Waals surface area contributed by atoms with Crippen LogP contribution >= 0.6 is 11.3 Å². The van der Waals surface area contributed by atoms with Crippen LogP contribution in [-0.2, 0) is 4.79 Å². The van der Waals surface area contributed by atoms with Crippen LogP contribution in [-0.4, -0.2) is 47.9 Å². The van der Waals surface area contributed by atoms with E-state index in [-0.39, 0.29) is 12.5 Å². The number of fused-ring (bicyclic) bond motifs is 1. The van der Waals surface area contributed by atoms with Gasteiger partial charge >= 0.3 is 0 Å². The van der Waals surface area contributed by atoms with Crippen LogP contribution in [0.25, 0.3) is 16.0 Å². The van der Waals surface area contributed by atoms with Crippen molar-refractivity contribution in [1.29, 1.82) is 0 Å². The van der Waals surface area contributed by atoms with Crippen LogP contribution < -0.4 is 15.0 Å². The molecule has 0 atom stereocenters. The summed E-state index contributed by atoms with van der Waals surface area (Å²) >= 11 is 1.56. The number of nitrogens with one attached hydrogen (secondary N) is 1. The first-order chi connectivity index (χ1) is 15.0. The van der Waals surface area contributed by atoms with Crippen LogP contribution in [0.5, 0.6) is 5.75 Å². The first kappa shape index (κ1) is 21.4. The first-order valence-corrected chi connectivity index (χ1v) is 11.5. The van der Waals surface area contributed by atoms with Crippen molar-refractivity contribution >= 4 is 32.7 Å². The van der Waals surface area contributed by atoms with Crippen LogP contribution in [0.1, 0.15) is 37.8 Å². The second kappa shape index (κ2) is 9.51. The predicted octanol–water partition coefficient (Wildman–Crippen LogP) is 4.24. The van der Waals surface area contributed by atoms with Gasteiger partial charge in [-0.1, -0.05) is 23.0 Å². The van der Waals surface area contributed by atoms with Gasteiger partial charge in [0.2, 0.25) is 5.91 Å². The molecule has 2 heterocycles. The largest absolute Gasteiger partial charge is 0.497 e. The highest BCUT2D eigenvalue weighted by Crippen LogP contribution is 2.32. The summed E-state index contributed by atoms with van der Waals surface area (Å²) in [6.45, 7) is 2.96. The highest BCUT2D eigenvalue weighted by molar-refractivity contribution is 7.22. The Morgan fingerprint density at radius 1 is 1.29 bits per heavy atom. The van der Waals surface area contributed by atoms with Crippen molar-refractivity contribution in [1.82, 2.24) is 20.1 Å². The molecule has 8 heteroatoms. The maximum absolute atomic E-state index is 12.4. The summed E-state index contributed by atoms with van der Waals surface area (Å²) in [6, 6.07) is 7.74. The zero-order valence-corrected chi connectivity index (χ0v) is 19.2. The van der Waals surface area contributed by atoms with Crippen LogP contribution in [0.3, 0.4) is 0 Å². The molecule has 0 aliphatic heterocycles. The molecule has 1 aromatic carbocycles. The lowest BCUT2D eigenvalue weighted by Crippen LogP contribution is -2.35. The van der Waals surface area contributed by atoms with Gasteiger partial charge in [-0.25, -0.2) is 4.68 Å². The number of carbonyl (C=O) groups excluding carboxylic acids is 1. The van der Waals surface area contributed by atoms with E-state index in [1.54, 1.807) is 18.4 Å². The highest BCUT2D eigenvalue weighted by atomic mass is 32.1. The van der Waals surface area contributed by atoms with Crippen molar-refractivity contribution in [3.63, 3.8) is 0 Å². The quantitative estimate of drug-likeness (QED) is 0.532. The number of aryl methyl sites for hydroxylation is 1. The molecule has 1 aliphatic carbocycles. The molecule has 164 valence electrons. The van der Waals surface area contributed by atoms with E-state index < -0.39 is 0 Å². The number of ether oxygens (including phenoxy) is 1. The van der Waals surface area contributed by atoms with Gasteiger partial charge in [-0.2, -0.15) is 10.1 Å². The second-order valence-electron chi connectivity index (χ2n) is 7.91. The Morgan fingerprint density at radius 3 is 2.81 bits per heavy atom. The van der Waals surface area contributed by atoms with Crippen molar-refractivity contribution < 1.29 is 9.53 Å².